The molecule has 1 aliphatic carbocycles. The van der Waals surface area contributed by atoms with E-state index >= 15 is 0 Å². The van der Waals surface area contributed by atoms with Crippen molar-refractivity contribution in [2.45, 2.75) is 65.7 Å². The average molecular weight is 344 g/mol. The molecule has 0 radical (unpaired) electrons. The van der Waals surface area contributed by atoms with E-state index in [0.717, 1.165) is 25.7 Å². The van der Waals surface area contributed by atoms with Crippen molar-refractivity contribution >= 4 is 13.3 Å². The molecule has 0 aliphatic heterocycles. The SMILES string of the molecule is CCCCP(=O)(C/C(=C/C1CCCCC1)C(=O)OCC)OCC. The van der Waals surface area contributed by atoms with Crippen LogP contribution in [0.15, 0.2) is 11.6 Å². The molecule has 1 unspecified atom stereocenters. The molecule has 134 valence electrons. The molecule has 0 N–H and O–H groups in total. The Hall–Kier alpha value is -0.600. The van der Waals surface area contributed by atoms with E-state index in [1.54, 1.807) is 6.92 Å². The number of allylic oxidation sites excluding steroid dienone is 1. The molecule has 4 nitrogen and oxygen atoms in total. The Labute approximate surface area is 141 Å². The number of hydrogen-bond acceptors (Lipinski definition) is 4. The fraction of sp³-hybridized carbons (Fsp3) is 0.833. The van der Waals surface area contributed by atoms with Gasteiger partial charge in [0.1, 0.15) is 0 Å². The van der Waals surface area contributed by atoms with Gasteiger partial charge in [-0.25, -0.2) is 4.79 Å². The van der Waals surface area contributed by atoms with Crippen LogP contribution >= 0.6 is 7.37 Å². The van der Waals surface area contributed by atoms with Crippen LogP contribution in [-0.4, -0.2) is 31.5 Å². The number of carbonyl (C=O) groups excluding carboxylic acids is 1. The minimum atomic E-state index is -2.81. The Bertz CT molecular complexity index is 425. The van der Waals surface area contributed by atoms with E-state index in [1.807, 2.05) is 13.0 Å². The van der Waals surface area contributed by atoms with Crippen molar-refractivity contribution in [3.05, 3.63) is 11.6 Å². The minimum Gasteiger partial charge on any atom is -0.463 e. The van der Waals surface area contributed by atoms with Crippen LogP contribution in [0.3, 0.4) is 0 Å². The summed E-state index contributed by atoms with van der Waals surface area (Å²) in [6.45, 7) is 6.48. The topological polar surface area (TPSA) is 52.6 Å². The first-order chi connectivity index (χ1) is 11.0. The predicted octanol–water partition coefficient (Wildman–Crippen LogP) is 5.17. The van der Waals surface area contributed by atoms with Crippen molar-refractivity contribution in [3.63, 3.8) is 0 Å². The number of esters is 1. The van der Waals surface area contributed by atoms with Crippen molar-refractivity contribution in [1.82, 2.24) is 0 Å². The number of rotatable bonds is 10. The lowest BCUT2D eigenvalue weighted by Gasteiger charge is -2.22. The maximum Gasteiger partial charge on any atom is 0.334 e. The average Bonchev–Trinajstić information content (AvgIpc) is 2.54. The van der Waals surface area contributed by atoms with Gasteiger partial charge in [-0.2, -0.15) is 0 Å². The van der Waals surface area contributed by atoms with Gasteiger partial charge in [0.2, 0.25) is 7.37 Å². The van der Waals surface area contributed by atoms with Crippen LogP contribution in [-0.2, 0) is 18.6 Å². The van der Waals surface area contributed by atoms with Crippen LogP contribution in [0.25, 0.3) is 0 Å². The molecule has 23 heavy (non-hydrogen) atoms. The van der Waals surface area contributed by atoms with Crippen LogP contribution in [0.1, 0.15) is 65.7 Å². The van der Waals surface area contributed by atoms with E-state index in [9.17, 15) is 9.36 Å². The number of hydrogen-bond donors (Lipinski definition) is 0. The predicted molar refractivity (Wildman–Crippen MR) is 95.2 cm³/mol. The molecule has 0 heterocycles. The van der Waals surface area contributed by atoms with Crippen molar-refractivity contribution < 1.29 is 18.6 Å². The molecular formula is C18H33O4P. The van der Waals surface area contributed by atoms with Crippen LogP contribution < -0.4 is 0 Å². The van der Waals surface area contributed by atoms with Gasteiger partial charge in [-0.05, 0) is 39.0 Å². The van der Waals surface area contributed by atoms with E-state index in [-0.39, 0.29) is 12.1 Å². The van der Waals surface area contributed by atoms with Crippen LogP contribution in [0.2, 0.25) is 0 Å². The van der Waals surface area contributed by atoms with Gasteiger partial charge in [-0.15, -0.1) is 0 Å². The smallest absolute Gasteiger partial charge is 0.334 e. The fourth-order valence-electron chi connectivity index (χ4n) is 3.08. The third-order valence-corrected chi connectivity index (χ3v) is 6.80. The summed E-state index contributed by atoms with van der Waals surface area (Å²) in [6, 6.07) is 0. The lowest BCUT2D eigenvalue weighted by atomic mass is 9.88. The van der Waals surface area contributed by atoms with Gasteiger partial charge in [0.15, 0.2) is 0 Å². The largest absolute Gasteiger partial charge is 0.463 e. The van der Waals surface area contributed by atoms with Crippen molar-refractivity contribution in [2.75, 3.05) is 25.5 Å². The van der Waals surface area contributed by atoms with E-state index in [4.69, 9.17) is 9.26 Å². The first-order valence-electron chi connectivity index (χ1n) is 9.15. The second-order valence-corrected chi connectivity index (χ2v) is 8.93. The highest BCUT2D eigenvalue weighted by Gasteiger charge is 2.28. The Morgan fingerprint density at radius 1 is 1.13 bits per heavy atom. The number of carbonyl (C=O) groups is 1. The summed E-state index contributed by atoms with van der Waals surface area (Å²) in [4.78, 5) is 12.3. The highest BCUT2D eigenvalue weighted by molar-refractivity contribution is 7.59. The van der Waals surface area contributed by atoms with Gasteiger partial charge in [-0.1, -0.05) is 38.7 Å². The normalized spacial score (nSPS) is 19.3. The van der Waals surface area contributed by atoms with Crippen LogP contribution in [0, 0.1) is 5.92 Å². The molecule has 0 aromatic carbocycles. The summed E-state index contributed by atoms with van der Waals surface area (Å²) in [7, 11) is -2.81. The van der Waals surface area contributed by atoms with E-state index in [2.05, 4.69) is 6.92 Å². The van der Waals surface area contributed by atoms with Gasteiger partial charge in [0.05, 0.1) is 19.4 Å². The zero-order chi connectivity index (χ0) is 17.1. The summed E-state index contributed by atoms with van der Waals surface area (Å²) < 4.78 is 23.8. The monoisotopic (exact) mass is 344 g/mol. The summed E-state index contributed by atoms with van der Waals surface area (Å²) in [6.07, 6.45) is 10.5. The Kier molecular flexibility index (Phi) is 9.81. The molecule has 0 spiro atoms. The highest BCUT2D eigenvalue weighted by atomic mass is 31.2. The molecule has 0 bridgehead atoms. The lowest BCUT2D eigenvalue weighted by molar-refractivity contribution is -0.138. The van der Waals surface area contributed by atoms with E-state index in [1.165, 1.54) is 19.3 Å². The first kappa shape index (κ1) is 20.4. The second-order valence-electron chi connectivity index (χ2n) is 6.28. The van der Waals surface area contributed by atoms with Gasteiger partial charge in [-0.3, -0.25) is 4.57 Å². The molecule has 1 atom stereocenters. The fourth-order valence-corrected chi connectivity index (χ4v) is 5.48. The molecule has 1 rings (SSSR count). The van der Waals surface area contributed by atoms with Gasteiger partial charge in [0, 0.05) is 11.7 Å². The third-order valence-electron chi connectivity index (χ3n) is 4.25. The number of ether oxygens (including phenoxy) is 1. The molecule has 0 aromatic heterocycles. The molecule has 0 aromatic rings. The summed E-state index contributed by atoms with van der Waals surface area (Å²) in [5.74, 6) is 0.0823. The third kappa shape index (κ3) is 7.67. The molecule has 1 fully saturated rings. The van der Waals surface area contributed by atoms with Gasteiger partial charge in [0.25, 0.3) is 0 Å². The summed E-state index contributed by atoms with van der Waals surface area (Å²) in [5.41, 5.74) is 0.562. The summed E-state index contributed by atoms with van der Waals surface area (Å²) in [5, 5.41) is 0. The zero-order valence-electron chi connectivity index (χ0n) is 15.0. The maximum atomic E-state index is 13.1. The molecule has 0 saturated heterocycles. The van der Waals surface area contributed by atoms with Crippen LogP contribution in [0.4, 0.5) is 0 Å². The Balaban J connectivity index is 2.90. The molecule has 1 saturated carbocycles. The minimum absolute atomic E-state index is 0.218. The van der Waals surface area contributed by atoms with Crippen molar-refractivity contribution in [1.29, 1.82) is 0 Å². The maximum absolute atomic E-state index is 13.1. The lowest BCUT2D eigenvalue weighted by Crippen LogP contribution is -2.16. The van der Waals surface area contributed by atoms with E-state index in [0.29, 0.717) is 30.9 Å². The Morgan fingerprint density at radius 3 is 2.39 bits per heavy atom. The van der Waals surface area contributed by atoms with Crippen molar-refractivity contribution in [2.24, 2.45) is 5.92 Å². The first-order valence-corrected chi connectivity index (χ1v) is 11.1. The van der Waals surface area contributed by atoms with E-state index < -0.39 is 7.37 Å². The van der Waals surface area contributed by atoms with Crippen molar-refractivity contribution in [3.8, 4) is 0 Å². The quantitative estimate of drug-likeness (QED) is 0.312. The second kappa shape index (κ2) is 11.0. The summed E-state index contributed by atoms with van der Waals surface area (Å²) >= 11 is 0. The number of unbranched alkanes of at least 4 members (excludes halogenated alkanes) is 1. The van der Waals surface area contributed by atoms with Crippen LogP contribution in [0.5, 0.6) is 0 Å². The molecule has 5 heteroatoms. The van der Waals surface area contributed by atoms with Gasteiger partial charge >= 0.3 is 5.97 Å². The molecular weight excluding hydrogens is 311 g/mol. The zero-order valence-corrected chi connectivity index (χ0v) is 15.9. The molecule has 1 aliphatic rings. The van der Waals surface area contributed by atoms with Gasteiger partial charge < -0.3 is 9.26 Å². The molecule has 0 amide bonds. The highest BCUT2D eigenvalue weighted by Crippen LogP contribution is 2.49. The Morgan fingerprint density at radius 2 is 1.83 bits per heavy atom. The standard InChI is InChI=1S/C18H33O4P/c1-4-7-13-23(20,22-6-3)15-17(18(19)21-5-2)14-16-11-9-8-10-12-16/h14,16H,4-13,15H2,1-3H3/b17-14-.